The maximum atomic E-state index is 6.13. The van der Waals surface area contributed by atoms with Crippen molar-refractivity contribution in [2.45, 2.75) is 39.5 Å². The highest BCUT2D eigenvalue weighted by atomic mass is 35.5. The molecule has 0 amide bonds. The first kappa shape index (κ1) is 13.5. The number of halogens is 1. The van der Waals surface area contributed by atoms with E-state index < -0.39 is 0 Å². The lowest BCUT2D eigenvalue weighted by molar-refractivity contribution is 0.466. The Kier molecular flexibility index (Phi) is 4.40. The molecule has 16 heavy (non-hydrogen) atoms. The van der Waals surface area contributed by atoms with Crippen molar-refractivity contribution in [1.82, 2.24) is 5.32 Å². The van der Waals surface area contributed by atoms with E-state index in [2.05, 4.69) is 45.1 Å². The normalized spacial score (nSPS) is 11.9. The van der Waals surface area contributed by atoms with Crippen LogP contribution in [0, 0.1) is 13.8 Å². The van der Waals surface area contributed by atoms with E-state index in [1.54, 1.807) is 0 Å². The van der Waals surface area contributed by atoms with Crippen molar-refractivity contribution < 1.29 is 0 Å². The maximum Gasteiger partial charge on any atom is 0.0438 e. The molecule has 2 heteroatoms. The van der Waals surface area contributed by atoms with Crippen LogP contribution in [0.25, 0.3) is 0 Å². The van der Waals surface area contributed by atoms with Crippen molar-refractivity contribution in [2.75, 3.05) is 13.6 Å². The molecule has 90 valence electrons. The van der Waals surface area contributed by atoms with Gasteiger partial charge < -0.3 is 5.32 Å². The third-order valence-corrected chi connectivity index (χ3v) is 3.64. The molecule has 0 atom stereocenters. The van der Waals surface area contributed by atoms with Gasteiger partial charge in [-0.15, -0.1) is 0 Å². The summed E-state index contributed by atoms with van der Waals surface area (Å²) in [4.78, 5) is 0. The molecule has 0 unspecified atom stereocenters. The van der Waals surface area contributed by atoms with Crippen LogP contribution in [0.3, 0.4) is 0 Å². The Morgan fingerprint density at radius 2 is 1.81 bits per heavy atom. The van der Waals surface area contributed by atoms with Crippen molar-refractivity contribution in [1.29, 1.82) is 0 Å². The first-order chi connectivity index (χ1) is 7.38. The molecule has 0 fully saturated rings. The highest BCUT2D eigenvalue weighted by molar-refractivity contribution is 6.31. The second kappa shape index (κ2) is 5.20. The fourth-order valence-electron chi connectivity index (χ4n) is 2.08. The number of benzene rings is 1. The molecule has 0 radical (unpaired) electrons. The molecule has 1 aromatic carbocycles. The van der Waals surface area contributed by atoms with Crippen LogP contribution in [0.15, 0.2) is 12.1 Å². The molecule has 1 N–H and O–H groups in total. The van der Waals surface area contributed by atoms with E-state index in [1.165, 1.54) is 16.7 Å². The van der Waals surface area contributed by atoms with Gasteiger partial charge in [-0.1, -0.05) is 31.5 Å². The summed E-state index contributed by atoms with van der Waals surface area (Å²) in [6.07, 6.45) is 1.13. The van der Waals surface area contributed by atoms with E-state index in [4.69, 9.17) is 11.6 Å². The Labute approximate surface area is 104 Å². The van der Waals surface area contributed by atoms with Crippen molar-refractivity contribution in [3.8, 4) is 0 Å². The summed E-state index contributed by atoms with van der Waals surface area (Å²) in [5.74, 6) is 0. The molecule has 0 saturated carbocycles. The summed E-state index contributed by atoms with van der Waals surface area (Å²) in [6, 6.07) is 4.31. The molecular weight excluding hydrogens is 218 g/mol. The summed E-state index contributed by atoms with van der Waals surface area (Å²) < 4.78 is 0. The standard InChI is InChI=1S/C14H22ClN/c1-10-9-13(15)11(2)8-12(10)14(3,4)6-7-16-5/h8-9,16H,6-7H2,1-5H3. The van der Waals surface area contributed by atoms with Gasteiger partial charge in [-0.3, -0.25) is 0 Å². The van der Waals surface area contributed by atoms with Crippen LogP contribution in [0.1, 0.15) is 37.0 Å². The number of nitrogens with one attached hydrogen (secondary N) is 1. The van der Waals surface area contributed by atoms with E-state index in [9.17, 15) is 0 Å². The van der Waals surface area contributed by atoms with Crippen molar-refractivity contribution in [3.63, 3.8) is 0 Å². The topological polar surface area (TPSA) is 12.0 Å². The van der Waals surface area contributed by atoms with Crippen LogP contribution < -0.4 is 5.32 Å². The van der Waals surface area contributed by atoms with E-state index in [-0.39, 0.29) is 5.41 Å². The van der Waals surface area contributed by atoms with Crippen LogP contribution >= 0.6 is 11.6 Å². The Morgan fingerprint density at radius 3 is 2.38 bits per heavy atom. The second-order valence-electron chi connectivity index (χ2n) is 5.15. The van der Waals surface area contributed by atoms with Gasteiger partial charge in [-0.05, 0) is 62.0 Å². The average molecular weight is 240 g/mol. The second-order valence-corrected chi connectivity index (χ2v) is 5.56. The summed E-state index contributed by atoms with van der Waals surface area (Å²) in [7, 11) is 2.00. The summed E-state index contributed by atoms with van der Waals surface area (Å²) >= 11 is 6.13. The van der Waals surface area contributed by atoms with E-state index in [0.29, 0.717) is 0 Å². The zero-order chi connectivity index (χ0) is 12.3. The van der Waals surface area contributed by atoms with Crippen LogP contribution in [0.5, 0.6) is 0 Å². The number of rotatable bonds is 4. The predicted molar refractivity (Wildman–Crippen MR) is 72.5 cm³/mol. The van der Waals surface area contributed by atoms with E-state index in [1.807, 2.05) is 7.05 Å². The Balaban J connectivity index is 3.07. The maximum absolute atomic E-state index is 6.13. The van der Waals surface area contributed by atoms with Crippen molar-refractivity contribution in [2.24, 2.45) is 0 Å². The van der Waals surface area contributed by atoms with Crippen LogP contribution in [0.2, 0.25) is 5.02 Å². The van der Waals surface area contributed by atoms with Gasteiger partial charge in [0.15, 0.2) is 0 Å². The zero-order valence-electron chi connectivity index (χ0n) is 10.9. The third-order valence-electron chi connectivity index (χ3n) is 3.23. The number of hydrogen-bond donors (Lipinski definition) is 1. The first-order valence-electron chi connectivity index (χ1n) is 5.80. The van der Waals surface area contributed by atoms with Gasteiger partial charge in [-0.25, -0.2) is 0 Å². The lowest BCUT2D eigenvalue weighted by Crippen LogP contribution is -2.24. The molecule has 0 aliphatic carbocycles. The molecule has 0 spiro atoms. The quantitative estimate of drug-likeness (QED) is 0.842. The Bertz CT molecular complexity index is 369. The first-order valence-corrected chi connectivity index (χ1v) is 6.18. The zero-order valence-corrected chi connectivity index (χ0v) is 11.7. The highest BCUT2D eigenvalue weighted by Crippen LogP contribution is 2.32. The minimum atomic E-state index is 0.197. The van der Waals surface area contributed by atoms with Crippen molar-refractivity contribution in [3.05, 3.63) is 33.8 Å². The molecular formula is C14H22ClN. The molecule has 0 aromatic heterocycles. The lowest BCUT2D eigenvalue weighted by Gasteiger charge is -2.28. The van der Waals surface area contributed by atoms with Gasteiger partial charge in [0.2, 0.25) is 0 Å². The Hall–Kier alpha value is -0.530. The molecule has 0 saturated heterocycles. The van der Waals surface area contributed by atoms with Crippen LogP contribution in [0.4, 0.5) is 0 Å². The molecule has 0 heterocycles. The van der Waals surface area contributed by atoms with Gasteiger partial charge in [0, 0.05) is 5.02 Å². The van der Waals surface area contributed by atoms with E-state index >= 15 is 0 Å². The largest absolute Gasteiger partial charge is 0.320 e. The summed E-state index contributed by atoms with van der Waals surface area (Å²) in [5.41, 5.74) is 4.06. The molecule has 1 nitrogen and oxygen atoms in total. The monoisotopic (exact) mass is 239 g/mol. The summed E-state index contributed by atoms with van der Waals surface area (Å²) in [5, 5.41) is 4.08. The van der Waals surface area contributed by atoms with Gasteiger partial charge >= 0.3 is 0 Å². The van der Waals surface area contributed by atoms with Gasteiger partial charge in [0.25, 0.3) is 0 Å². The molecule has 0 aliphatic heterocycles. The lowest BCUT2D eigenvalue weighted by atomic mass is 9.78. The number of hydrogen-bond acceptors (Lipinski definition) is 1. The fraction of sp³-hybridized carbons (Fsp3) is 0.571. The summed E-state index contributed by atoms with van der Waals surface area (Å²) in [6.45, 7) is 9.83. The minimum Gasteiger partial charge on any atom is -0.320 e. The van der Waals surface area contributed by atoms with Crippen LogP contribution in [-0.2, 0) is 5.41 Å². The van der Waals surface area contributed by atoms with Crippen LogP contribution in [-0.4, -0.2) is 13.6 Å². The SMILES string of the molecule is CNCCC(C)(C)c1cc(C)c(Cl)cc1C. The predicted octanol–water partition coefficient (Wildman–Crippen LogP) is 3.84. The average Bonchev–Trinajstić information content (AvgIpc) is 2.20. The Morgan fingerprint density at radius 1 is 1.19 bits per heavy atom. The fourth-order valence-corrected chi connectivity index (χ4v) is 2.30. The molecule has 1 aromatic rings. The van der Waals surface area contributed by atoms with Gasteiger partial charge in [0.05, 0.1) is 0 Å². The van der Waals surface area contributed by atoms with Gasteiger partial charge in [0.1, 0.15) is 0 Å². The third kappa shape index (κ3) is 2.99. The molecule has 1 rings (SSSR count). The van der Waals surface area contributed by atoms with Gasteiger partial charge in [-0.2, -0.15) is 0 Å². The molecule has 0 bridgehead atoms. The van der Waals surface area contributed by atoms with E-state index in [0.717, 1.165) is 18.0 Å². The number of aryl methyl sites for hydroxylation is 2. The minimum absolute atomic E-state index is 0.197. The van der Waals surface area contributed by atoms with Crippen molar-refractivity contribution >= 4 is 11.6 Å². The smallest absolute Gasteiger partial charge is 0.0438 e. The highest BCUT2D eigenvalue weighted by Gasteiger charge is 2.22. The molecule has 0 aliphatic rings.